The second-order valence-corrected chi connectivity index (χ2v) is 16.5. The number of benzene rings is 2. The quantitative estimate of drug-likeness (QED) is 0.126. The van der Waals surface area contributed by atoms with Gasteiger partial charge < -0.3 is 37.6 Å². The molecule has 0 unspecified atom stereocenters. The first-order valence-corrected chi connectivity index (χ1v) is 21.7. The average Bonchev–Trinajstić information content (AvgIpc) is 3.29. The molecule has 17 nitrogen and oxygen atoms in total. The first-order valence-electron chi connectivity index (χ1n) is 21.7. The third-order valence-corrected chi connectivity index (χ3v) is 12.5. The number of Topliss-reactive ketones (excluding diaryl/α,β-unsaturated/α-hetero) is 1. The number of hydrogen-bond donors (Lipinski definition) is 0. The molecule has 2 aromatic carbocycles. The minimum Gasteiger partial charge on any atom is -0.493 e. The molecule has 0 N–H and O–H groups in total. The summed E-state index contributed by atoms with van der Waals surface area (Å²) in [6.45, 7) is 4.63. The van der Waals surface area contributed by atoms with Gasteiger partial charge in [0.25, 0.3) is 0 Å². The SMILES string of the molecule is CCOc1cc2c(cc1OC)C(c1cnc(=O)n(C)c1)=N[C@@H]1CC[C@@H](OC(=O)CCC(=O)C(=O)O[C@@H]3CC[C@H]4N=C(c5cnc(=O)n(C)c5)c5cc(OC)c(OCC)cc5[C@H]4C3)C[C@H]21. The summed E-state index contributed by atoms with van der Waals surface area (Å²) in [6, 6.07) is 7.35. The van der Waals surface area contributed by atoms with Crippen molar-refractivity contribution in [2.75, 3.05) is 27.4 Å². The number of hydrogen-bond acceptors (Lipinski definition) is 15. The summed E-state index contributed by atoms with van der Waals surface area (Å²) in [5.41, 5.74) is 5.45. The Hall–Kier alpha value is -6.65. The van der Waals surface area contributed by atoms with Crippen LogP contribution < -0.4 is 30.3 Å². The summed E-state index contributed by atoms with van der Waals surface area (Å²) in [7, 11) is 6.41. The Kier molecular flexibility index (Phi) is 12.8. The van der Waals surface area contributed by atoms with Gasteiger partial charge in [0.2, 0.25) is 5.78 Å². The number of methoxy groups -OCH3 is 2. The fourth-order valence-corrected chi connectivity index (χ4v) is 9.44. The van der Waals surface area contributed by atoms with Gasteiger partial charge in [-0.3, -0.25) is 19.6 Å². The molecule has 0 bridgehead atoms. The number of ether oxygens (including phenoxy) is 6. The molecule has 64 heavy (non-hydrogen) atoms. The predicted molar refractivity (Wildman–Crippen MR) is 233 cm³/mol. The molecule has 0 saturated heterocycles. The van der Waals surface area contributed by atoms with Gasteiger partial charge >= 0.3 is 23.3 Å². The summed E-state index contributed by atoms with van der Waals surface area (Å²) < 4.78 is 37.8. The van der Waals surface area contributed by atoms with Crippen LogP contribution in [0.15, 0.2) is 68.6 Å². The Labute approximate surface area is 369 Å². The zero-order valence-corrected chi connectivity index (χ0v) is 36.8. The van der Waals surface area contributed by atoms with E-state index in [1.807, 2.05) is 38.1 Å². The molecule has 2 aliphatic carbocycles. The summed E-state index contributed by atoms with van der Waals surface area (Å²) >= 11 is 0. The first kappa shape index (κ1) is 44.0. The van der Waals surface area contributed by atoms with Crippen LogP contribution in [-0.4, -0.2) is 100.0 Å². The van der Waals surface area contributed by atoms with Crippen molar-refractivity contribution in [3.8, 4) is 23.0 Å². The molecule has 2 aliphatic heterocycles. The Morgan fingerprint density at radius 2 is 1.11 bits per heavy atom. The minimum atomic E-state index is -0.986. The third kappa shape index (κ3) is 8.79. The van der Waals surface area contributed by atoms with E-state index in [9.17, 15) is 24.0 Å². The summed E-state index contributed by atoms with van der Waals surface area (Å²) in [5.74, 6) is -0.433. The second-order valence-electron chi connectivity index (χ2n) is 16.5. The highest BCUT2D eigenvalue weighted by atomic mass is 16.6. The Morgan fingerprint density at radius 3 is 1.55 bits per heavy atom. The number of aromatic nitrogens is 4. The molecule has 2 fully saturated rings. The molecule has 4 aliphatic rings. The highest BCUT2D eigenvalue weighted by molar-refractivity contribution is 6.33. The Balaban J connectivity index is 0.911. The predicted octanol–water partition coefficient (Wildman–Crippen LogP) is 4.54. The van der Waals surface area contributed by atoms with E-state index >= 15 is 0 Å². The summed E-state index contributed by atoms with van der Waals surface area (Å²) in [5, 5.41) is 0. The van der Waals surface area contributed by atoms with Crippen LogP contribution in [0, 0.1) is 0 Å². The van der Waals surface area contributed by atoms with Crippen molar-refractivity contribution in [3.05, 3.63) is 103 Å². The smallest absolute Gasteiger partial charge is 0.374 e. The van der Waals surface area contributed by atoms with Gasteiger partial charge in [-0.1, -0.05) is 0 Å². The molecule has 0 amide bonds. The van der Waals surface area contributed by atoms with Gasteiger partial charge in [0.15, 0.2) is 23.0 Å². The number of carbonyl (C=O) groups excluding carboxylic acids is 3. The number of carbonyl (C=O) groups is 3. The molecular weight excluding hydrogens is 825 g/mol. The van der Waals surface area contributed by atoms with Crippen molar-refractivity contribution < 1.29 is 42.8 Å². The van der Waals surface area contributed by atoms with Crippen molar-refractivity contribution in [2.24, 2.45) is 24.1 Å². The molecule has 0 spiro atoms. The fourth-order valence-electron chi connectivity index (χ4n) is 9.44. The number of ketones is 1. The van der Waals surface area contributed by atoms with Gasteiger partial charge in [0.05, 0.1) is 57.4 Å². The average molecular weight is 877 g/mol. The van der Waals surface area contributed by atoms with E-state index in [2.05, 4.69) is 9.97 Å². The molecular formula is C47H52N6O11. The van der Waals surface area contributed by atoms with E-state index in [4.69, 9.17) is 38.4 Å². The number of aryl methyl sites for hydroxylation is 2. The minimum absolute atomic E-state index is 0.116. The molecule has 0 radical (unpaired) electrons. The maximum Gasteiger partial charge on any atom is 0.374 e. The van der Waals surface area contributed by atoms with Crippen LogP contribution in [0.4, 0.5) is 0 Å². The van der Waals surface area contributed by atoms with Crippen LogP contribution >= 0.6 is 0 Å². The van der Waals surface area contributed by atoms with E-state index in [-0.39, 0.29) is 48.1 Å². The van der Waals surface area contributed by atoms with Gasteiger partial charge in [0.1, 0.15) is 12.2 Å². The Bertz CT molecular complexity index is 2670. The molecule has 6 atom stereocenters. The lowest BCUT2D eigenvalue weighted by Gasteiger charge is -2.38. The lowest BCUT2D eigenvalue weighted by Crippen LogP contribution is -2.37. The van der Waals surface area contributed by atoms with Gasteiger partial charge in [-0.05, 0) is 87.8 Å². The molecule has 4 aromatic rings. The van der Waals surface area contributed by atoms with Gasteiger partial charge in [-0.15, -0.1) is 0 Å². The lowest BCUT2D eigenvalue weighted by molar-refractivity contribution is -0.160. The van der Waals surface area contributed by atoms with Crippen LogP contribution in [0.1, 0.15) is 110 Å². The zero-order valence-electron chi connectivity index (χ0n) is 36.8. The van der Waals surface area contributed by atoms with Gasteiger partial charge in [-0.25, -0.2) is 24.4 Å². The number of rotatable bonds is 14. The van der Waals surface area contributed by atoms with Crippen molar-refractivity contribution in [1.29, 1.82) is 0 Å². The van der Waals surface area contributed by atoms with Gasteiger partial charge in [0, 0.05) is 79.4 Å². The maximum absolute atomic E-state index is 13.2. The third-order valence-electron chi connectivity index (χ3n) is 12.5. The molecule has 17 heteroatoms. The van der Waals surface area contributed by atoms with Crippen LogP contribution in [-0.2, 0) is 38.0 Å². The summed E-state index contributed by atoms with van der Waals surface area (Å²) in [6.07, 6.45) is 7.96. The highest BCUT2D eigenvalue weighted by Crippen LogP contribution is 2.47. The van der Waals surface area contributed by atoms with Gasteiger partial charge in [-0.2, -0.15) is 0 Å². The largest absolute Gasteiger partial charge is 0.493 e. The standard InChI is InChI=1S/C47H52N6O11/c1-7-61-40-17-29-31-15-27(9-11-35(31)50-43(33(29)19-38(40)59-5)25-21-48-46(57)52(3)23-25)63-42(55)14-13-37(54)45(56)64-28-10-12-36-32(16-28)30-18-41(62-8-2)39(60-6)20-34(30)44(51-36)26-22-49-47(58)53(4)24-26/h17-24,27-28,31-32,35-36H,7-16H2,1-6H3/t27-,28-,31-,32-,35-,36-/m1/s1. The zero-order chi connectivity index (χ0) is 45.2. The normalized spacial score (nSPS) is 22.0. The molecule has 2 aromatic heterocycles. The monoisotopic (exact) mass is 876 g/mol. The number of fused-ring (bicyclic) bond motifs is 6. The van der Waals surface area contributed by atoms with E-state index in [1.54, 1.807) is 40.7 Å². The van der Waals surface area contributed by atoms with Crippen molar-refractivity contribution >= 4 is 29.1 Å². The summed E-state index contributed by atoms with van der Waals surface area (Å²) in [4.78, 5) is 82.2. The number of esters is 2. The maximum atomic E-state index is 13.2. The van der Waals surface area contributed by atoms with E-state index < -0.39 is 29.9 Å². The van der Waals surface area contributed by atoms with Crippen molar-refractivity contribution in [3.63, 3.8) is 0 Å². The lowest BCUT2D eigenvalue weighted by atomic mass is 9.74. The van der Waals surface area contributed by atoms with E-state index in [1.165, 1.54) is 21.5 Å². The first-order chi connectivity index (χ1) is 30.9. The van der Waals surface area contributed by atoms with Crippen LogP contribution in [0.3, 0.4) is 0 Å². The van der Waals surface area contributed by atoms with Crippen LogP contribution in [0.2, 0.25) is 0 Å². The molecule has 4 heterocycles. The Morgan fingerprint density at radius 1 is 0.641 bits per heavy atom. The van der Waals surface area contributed by atoms with Crippen molar-refractivity contribution in [2.45, 2.75) is 101 Å². The van der Waals surface area contributed by atoms with E-state index in [0.717, 1.165) is 22.3 Å². The molecule has 336 valence electrons. The van der Waals surface area contributed by atoms with Crippen molar-refractivity contribution in [1.82, 2.24) is 19.1 Å². The van der Waals surface area contributed by atoms with Crippen LogP contribution in [0.25, 0.3) is 0 Å². The highest BCUT2D eigenvalue weighted by Gasteiger charge is 2.41. The topological polar surface area (TPSA) is 201 Å². The molecule has 8 rings (SSSR count). The fraction of sp³-hybridized carbons (Fsp3) is 0.468. The second kappa shape index (κ2) is 18.6. The number of aliphatic imine (C=N–C) groups is 2. The molecule has 2 saturated carbocycles. The van der Waals surface area contributed by atoms with Crippen LogP contribution in [0.5, 0.6) is 23.0 Å². The van der Waals surface area contributed by atoms with E-state index in [0.29, 0.717) is 97.3 Å². The number of nitrogens with zero attached hydrogens (tertiary/aromatic N) is 6.